The first-order chi connectivity index (χ1) is 10.5. The normalized spacial score (nSPS) is 10.5. The standard InChI is InChI=1S/C19H22N2O/c1-13(2)16-8-10-18(11-9-16)21-12-15-4-6-17(7-5-15)14(3)19(20)22/h4-11,13,21H,3,12H2,1-2H3,(H2,20,22). The largest absolute Gasteiger partial charge is 0.381 e. The first-order valence-electron chi connectivity index (χ1n) is 7.39. The Morgan fingerprint density at radius 3 is 2.18 bits per heavy atom. The molecule has 0 fully saturated rings. The predicted molar refractivity (Wildman–Crippen MR) is 92.5 cm³/mol. The fourth-order valence-electron chi connectivity index (χ4n) is 2.16. The van der Waals surface area contributed by atoms with Crippen LogP contribution in [0.25, 0.3) is 5.57 Å². The van der Waals surface area contributed by atoms with Gasteiger partial charge in [-0.25, -0.2) is 0 Å². The summed E-state index contributed by atoms with van der Waals surface area (Å²) in [4.78, 5) is 11.1. The summed E-state index contributed by atoms with van der Waals surface area (Å²) in [5.41, 5.74) is 9.88. The molecule has 0 saturated heterocycles. The first-order valence-corrected chi connectivity index (χ1v) is 7.39. The lowest BCUT2D eigenvalue weighted by molar-refractivity contribution is -0.112. The van der Waals surface area contributed by atoms with Crippen LogP contribution in [-0.2, 0) is 11.3 Å². The van der Waals surface area contributed by atoms with E-state index in [0.29, 0.717) is 11.5 Å². The highest BCUT2D eigenvalue weighted by molar-refractivity contribution is 6.17. The van der Waals surface area contributed by atoms with E-state index in [1.165, 1.54) is 5.56 Å². The molecule has 22 heavy (non-hydrogen) atoms. The highest BCUT2D eigenvalue weighted by Gasteiger charge is 2.04. The molecule has 2 rings (SSSR count). The third-order valence-electron chi connectivity index (χ3n) is 3.67. The fourth-order valence-corrected chi connectivity index (χ4v) is 2.16. The molecule has 2 aromatic carbocycles. The average molecular weight is 294 g/mol. The van der Waals surface area contributed by atoms with Crippen LogP contribution in [0, 0.1) is 0 Å². The summed E-state index contributed by atoms with van der Waals surface area (Å²) in [7, 11) is 0. The number of hydrogen-bond donors (Lipinski definition) is 2. The Bertz CT molecular complexity index is 655. The summed E-state index contributed by atoms with van der Waals surface area (Å²) >= 11 is 0. The molecule has 0 aliphatic carbocycles. The molecular formula is C19H22N2O. The van der Waals surface area contributed by atoms with E-state index in [9.17, 15) is 4.79 Å². The molecule has 0 heterocycles. The van der Waals surface area contributed by atoms with Gasteiger partial charge in [-0.3, -0.25) is 4.79 Å². The molecule has 0 saturated carbocycles. The Morgan fingerprint density at radius 1 is 1.09 bits per heavy atom. The van der Waals surface area contributed by atoms with E-state index in [2.05, 4.69) is 50.0 Å². The molecule has 0 aliphatic heterocycles. The van der Waals surface area contributed by atoms with Gasteiger partial charge in [-0.15, -0.1) is 0 Å². The molecule has 2 aromatic rings. The lowest BCUT2D eigenvalue weighted by Crippen LogP contribution is -2.11. The van der Waals surface area contributed by atoms with Crippen LogP contribution in [0.1, 0.15) is 36.5 Å². The second kappa shape index (κ2) is 6.94. The smallest absolute Gasteiger partial charge is 0.248 e. The van der Waals surface area contributed by atoms with Gasteiger partial charge in [-0.05, 0) is 34.7 Å². The van der Waals surface area contributed by atoms with Crippen LogP contribution in [0.2, 0.25) is 0 Å². The van der Waals surface area contributed by atoms with Crippen molar-refractivity contribution in [2.75, 3.05) is 5.32 Å². The zero-order chi connectivity index (χ0) is 16.1. The number of nitrogens with one attached hydrogen (secondary N) is 1. The molecule has 0 radical (unpaired) electrons. The van der Waals surface area contributed by atoms with Crippen LogP contribution >= 0.6 is 0 Å². The van der Waals surface area contributed by atoms with Crippen LogP contribution in [0.15, 0.2) is 55.1 Å². The maximum Gasteiger partial charge on any atom is 0.248 e. The number of amides is 1. The summed E-state index contributed by atoms with van der Waals surface area (Å²) in [5.74, 6) is 0.0519. The number of carbonyl (C=O) groups excluding carboxylic acids is 1. The van der Waals surface area contributed by atoms with E-state index in [0.717, 1.165) is 23.4 Å². The van der Waals surface area contributed by atoms with Crippen molar-refractivity contribution in [1.29, 1.82) is 0 Å². The Kier molecular flexibility index (Phi) is 4.99. The van der Waals surface area contributed by atoms with Crippen LogP contribution in [0.4, 0.5) is 5.69 Å². The van der Waals surface area contributed by atoms with Gasteiger partial charge in [-0.2, -0.15) is 0 Å². The molecule has 0 aliphatic rings. The third kappa shape index (κ3) is 3.98. The minimum Gasteiger partial charge on any atom is -0.381 e. The zero-order valence-corrected chi connectivity index (χ0v) is 13.1. The summed E-state index contributed by atoms with van der Waals surface area (Å²) in [6.07, 6.45) is 0. The zero-order valence-electron chi connectivity index (χ0n) is 13.1. The van der Waals surface area contributed by atoms with Gasteiger partial charge in [0, 0.05) is 17.8 Å². The number of carbonyl (C=O) groups is 1. The van der Waals surface area contributed by atoms with Crippen molar-refractivity contribution in [2.45, 2.75) is 26.3 Å². The van der Waals surface area contributed by atoms with Crippen LogP contribution in [0.5, 0.6) is 0 Å². The van der Waals surface area contributed by atoms with E-state index >= 15 is 0 Å². The number of nitrogens with two attached hydrogens (primary N) is 1. The predicted octanol–water partition coefficient (Wildman–Crippen LogP) is 3.92. The van der Waals surface area contributed by atoms with Crippen LogP contribution < -0.4 is 11.1 Å². The lowest BCUT2D eigenvalue weighted by atomic mass is 10.0. The van der Waals surface area contributed by atoms with Gasteiger partial charge in [-0.1, -0.05) is 56.8 Å². The summed E-state index contributed by atoms with van der Waals surface area (Å²) in [6, 6.07) is 16.2. The molecule has 114 valence electrons. The number of primary amides is 1. The topological polar surface area (TPSA) is 55.1 Å². The number of anilines is 1. The van der Waals surface area contributed by atoms with Crippen LogP contribution in [-0.4, -0.2) is 5.91 Å². The molecular weight excluding hydrogens is 272 g/mol. The van der Waals surface area contributed by atoms with E-state index in [1.807, 2.05) is 24.3 Å². The van der Waals surface area contributed by atoms with E-state index in [-0.39, 0.29) is 0 Å². The lowest BCUT2D eigenvalue weighted by Gasteiger charge is -2.10. The molecule has 0 atom stereocenters. The Morgan fingerprint density at radius 2 is 1.68 bits per heavy atom. The molecule has 3 heteroatoms. The van der Waals surface area contributed by atoms with E-state index in [4.69, 9.17) is 5.73 Å². The molecule has 0 aromatic heterocycles. The maximum absolute atomic E-state index is 11.1. The minimum absolute atomic E-state index is 0.337. The van der Waals surface area contributed by atoms with Crippen molar-refractivity contribution < 1.29 is 4.79 Å². The van der Waals surface area contributed by atoms with Gasteiger partial charge in [0.15, 0.2) is 0 Å². The molecule has 1 amide bonds. The van der Waals surface area contributed by atoms with Crippen LogP contribution in [0.3, 0.4) is 0 Å². The van der Waals surface area contributed by atoms with Gasteiger partial charge in [0.05, 0.1) is 0 Å². The number of rotatable bonds is 6. The second-order valence-corrected chi connectivity index (χ2v) is 5.67. The molecule has 3 N–H and O–H groups in total. The van der Waals surface area contributed by atoms with Gasteiger partial charge < -0.3 is 11.1 Å². The Hall–Kier alpha value is -2.55. The average Bonchev–Trinajstić information content (AvgIpc) is 2.53. The van der Waals surface area contributed by atoms with Crippen molar-refractivity contribution in [3.8, 4) is 0 Å². The Balaban J connectivity index is 1.97. The SMILES string of the molecule is C=C(C(N)=O)c1ccc(CNc2ccc(C(C)C)cc2)cc1. The first kappa shape index (κ1) is 15.8. The van der Waals surface area contributed by atoms with E-state index in [1.54, 1.807) is 0 Å². The van der Waals surface area contributed by atoms with Crippen molar-refractivity contribution in [3.05, 3.63) is 71.8 Å². The van der Waals surface area contributed by atoms with Crippen molar-refractivity contribution in [3.63, 3.8) is 0 Å². The summed E-state index contributed by atoms with van der Waals surface area (Å²) < 4.78 is 0. The number of hydrogen-bond acceptors (Lipinski definition) is 2. The maximum atomic E-state index is 11.1. The number of benzene rings is 2. The molecule has 3 nitrogen and oxygen atoms in total. The molecule has 0 bridgehead atoms. The monoisotopic (exact) mass is 294 g/mol. The van der Waals surface area contributed by atoms with Gasteiger partial charge >= 0.3 is 0 Å². The quantitative estimate of drug-likeness (QED) is 0.793. The van der Waals surface area contributed by atoms with Gasteiger partial charge in [0.25, 0.3) is 0 Å². The van der Waals surface area contributed by atoms with Gasteiger partial charge in [0.2, 0.25) is 5.91 Å². The fraction of sp³-hybridized carbons (Fsp3) is 0.211. The van der Waals surface area contributed by atoms with Crippen molar-refractivity contribution >= 4 is 17.2 Å². The Labute approximate surface area is 131 Å². The molecule has 0 spiro atoms. The second-order valence-electron chi connectivity index (χ2n) is 5.67. The molecule has 0 unspecified atom stereocenters. The summed E-state index contributed by atoms with van der Waals surface area (Å²) in [5, 5.41) is 3.38. The summed E-state index contributed by atoms with van der Waals surface area (Å²) in [6.45, 7) is 8.78. The highest BCUT2D eigenvalue weighted by Crippen LogP contribution is 2.18. The highest BCUT2D eigenvalue weighted by atomic mass is 16.1. The van der Waals surface area contributed by atoms with E-state index < -0.39 is 5.91 Å². The van der Waals surface area contributed by atoms with Crippen molar-refractivity contribution in [2.24, 2.45) is 5.73 Å². The minimum atomic E-state index is -0.490. The van der Waals surface area contributed by atoms with Gasteiger partial charge in [0.1, 0.15) is 0 Å². The van der Waals surface area contributed by atoms with Crippen molar-refractivity contribution in [1.82, 2.24) is 0 Å². The third-order valence-corrected chi connectivity index (χ3v) is 3.67.